The van der Waals surface area contributed by atoms with Crippen LogP contribution in [0.4, 0.5) is 10.1 Å². The van der Waals surface area contributed by atoms with Gasteiger partial charge in [0.25, 0.3) is 17.7 Å². The number of amides is 1. The molecule has 0 radical (unpaired) electrons. The normalized spacial score (nSPS) is 14.3. The predicted molar refractivity (Wildman–Crippen MR) is 139 cm³/mol. The number of rotatable bonds is 8. The van der Waals surface area contributed by atoms with E-state index in [1.807, 2.05) is 48.6 Å². The molecule has 0 fully saturated rings. The molecule has 1 heterocycles. The highest BCUT2D eigenvalue weighted by molar-refractivity contribution is 6.07. The van der Waals surface area contributed by atoms with E-state index in [0.29, 0.717) is 23.3 Å². The monoisotopic (exact) mass is 502 g/mol. The van der Waals surface area contributed by atoms with Gasteiger partial charge in [0, 0.05) is 19.0 Å². The van der Waals surface area contributed by atoms with Crippen LogP contribution in [0.15, 0.2) is 94.2 Å². The number of carbonyl (C=O) groups excluding carboxylic acids is 1. The van der Waals surface area contributed by atoms with Crippen molar-refractivity contribution < 1.29 is 18.3 Å². The largest absolute Gasteiger partial charge is 0.500 e. The minimum atomic E-state index is -1.67. The highest BCUT2D eigenvalue weighted by Gasteiger charge is 2.23. The van der Waals surface area contributed by atoms with Crippen LogP contribution in [0.1, 0.15) is 40.3 Å². The van der Waals surface area contributed by atoms with E-state index in [1.54, 1.807) is 25.2 Å². The van der Waals surface area contributed by atoms with Crippen molar-refractivity contribution in [1.82, 2.24) is 15.5 Å². The van der Waals surface area contributed by atoms with Gasteiger partial charge in [-0.2, -0.15) is 5.10 Å². The molecule has 0 spiro atoms. The predicted octanol–water partition coefficient (Wildman–Crippen LogP) is 4.14. The molecule has 10 heteroatoms. The summed E-state index contributed by atoms with van der Waals surface area (Å²) in [6, 6.07) is 15.4. The molecule has 4 rings (SSSR count). The number of nitrogens with zero attached hydrogens (tertiary/aromatic N) is 4. The molecule has 1 amide bonds. The number of ether oxygens (including phenoxy) is 1. The summed E-state index contributed by atoms with van der Waals surface area (Å²) < 4.78 is 26.2. The van der Waals surface area contributed by atoms with Crippen LogP contribution >= 0.6 is 0 Å². The first kappa shape index (κ1) is 25.5. The summed E-state index contributed by atoms with van der Waals surface area (Å²) >= 11 is 0. The average Bonchev–Trinajstić information content (AvgIpc) is 3.30. The summed E-state index contributed by atoms with van der Waals surface area (Å²) in [7, 11) is 3.31. The number of amidine groups is 1. The fourth-order valence-electron chi connectivity index (χ4n) is 3.59. The van der Waals surface area contributed by atoms with Gasteiger partial charge in [-0.15, -0.1) is 10.2 Å². The van der Waals surface area contributed by atoms with E-state index < -0.39 is 12.1 Å². The van der Waals surface area contributed by atoms with Gasteiger partial charge in [-0.3, -0.25) is 9.80 Å². The maximum absolute atomic E-state index is 15.2. The summed E-state index contributed by atoms with van der Waals surface area (Å²) in [5, 5.41) is 16.5. The Morgan fingerprint density at radius 2 is 1.95 bits per heavy atom. The van der Waals surface area contributed by atoms with Crippen molar-refractivity contribution >= 4 is 23.0 Å². The number of alkyl halides is 1. The van der Waals surface area contributed by atoms with Crippen molar-refractivity contribution in [2.45, 2.75) is 12.6 Å². The minimum absolute atomic E-state index is 0.0273. The second kappa shape index (κ2) is 11.9. The highest BCUT2D eigenvalue weighted by atomic mass is 19.1. The molecule has 1 aromatic heterocycles. The summed E-state index contributed by atoms with van der Waals surface area (Å²) in [6.45, 7) is 0.0273. The smallest absolute Gasteiger partial charge is 0.256 e. The van der Waals surface area contributed by atoms with Gasteiger partial charge in [-0.25, -0.2) is 4.39 Å². The Bertz CT molecular complexity index is 1350. The van der Waals surface area contributed by atoms with Gasteiger partial charge in [0.2, 0.25) is 6.17 Å². The first-order valence-electron chi connectivity index (χ1n) is 11.6. The van der Waals surface area contributed by atoms with Crippen LogP contribution < -0.4 is 16.1 Å². The molecule has 37 heavy (non-hydrogen) atoms. The molecule has 1 aliphatic carbocycles. The molecule has 0 saturated carbocycles. The summed E-state index contributed by atoms with van der Waals surface area (Å²) in [4.78, 5) is 12.7. The minimum Gasteiger partial charge on any atom is -0.500 e. The van der Waals surface area contributed by atoms with Crippen LogP contribution in [0.2, 0.25) is 0 Å². The topological polar surface area (TPSA) is 119 Å². The molecular formula is C27H27FN6O3. The fraction of sp³-hybridized carbons (Fsp3) is 0.185. The molecule has 0 aliphatic heterocycles. The number of allylic oxidation sites excluding steroid dienone is 5. The zero-order valence-electron chi connectivity index (χ0n) is 20.5. The summed E-state index contributed by atoms with van der Waals surface area (Å²) in [6.07, 6.45) is 6.29. The van der Waals surface area contributed by atoms with Crippen LogP contribution in [0.3, 0.4) is 0 Å². The molecule has 2 aromatic carbocycles. The first-order chi connectivity index (χ1) is 18.0. The number of benzene rings is 2. The van der Waals surface area contributed by atoms with Crippen LogP contribution in [0, 0.1) is 0 Å². The lowest BCUT2D eigenvalue weighted by Crippen LogP contribution is -2.37. The van der Waals surface area contributed by atoms with Gasteiger partial charge in [0.05, 0.1) is 24.9 Å². The van der Waals surface area contributed by atoms with E-state index in [0.717, 1.165) is 5.69 Å². The Labute approximate surface area is 213 Å². The van der Waals surface area contributed by atoms with E-state index in [-0.39, 0.29) is 29.7 Å². The van der Waals surface area contributed by atoms with Gasteiger partial charge < -0.3 is 20.2 Å². The summed E-state index contributed by atoms with van der Waals surface area (Å²) in [5.74, 6) is 0.485. The van der Waals surface area contributed by atoms with E-state index in [1.165, 1.54) is 24.3 Å². The first-order valence-corrected chi connectivity index (χ1v) is 11.6. The lowest BCUT2D eigenvalue weighted by atomic mass is 10.1. The molecule has 3 N–H and O–H groups in total. The zero-order chi connectivity index (χ0) is 26.2. The van der Waals surface area contributed by atoms with Gasteiger partial charge in [0.15, 0.2) is 0 Å². The number of hydrogen-bond donors (Lipinski definition) is 2. The van der Waals surface area contributed by atoms with Crippen molar-refractivity contribution in [3.05, 3.63) is 108 Å². The van der Waals surface area contributed by atoms with Crippen molar-refractivity contribution in [1.29, 1.82) is 0 Å². The Hall–Kier alpha value is -4.57. The molecule has 3 aromatic rings. The van der Waals surface area contributed by atoms with Crippen LogP contribution in [0.5, 0.6) is 0 Å². The number of para-hydroxylation sites is 1. The van der Waals surface area contributed by atoms with Gasteiger partial charge >= 0.3 is 0 Å². The van der Waals surface area contributed by atoms with Gasteiger partial charge in [-0.05, 0) is 35.9 Å². The average molecular weight is 503 g/mol. The lowest BCUT2D eigenvalue weighted by molar-refractivity contribution is 0.0976. The number of aromatic nitrogens is 2. The third-order valence-electron chi connectivity index (χ3n) is 5.57. The van der Waals surface area contributed by atoms with Crippen LogP contribution in [-0.4, -0.2) is 42.6 Å². The van der Waals surface area contributed by atoms with E-state index in [9.17, 15) is 4.79 Å². The molecule has 190 valence electrons. The zero-order valence-corrected chi connectivity index (χ0v) is 20.5. The molecular weight excluding hydrogens is 475 g/mol. The molecule has 1 aliphatic rings. The third kappa shape index (κ3) is 6.17. The maximum Gasteiger partial charge on any atom is 0.256 e. The number of hydrogen-bond acceptors (Lipinski definition) is 8. The number of anilines is 1. The quantitative estimate of drug-likeness (QED) is 0.270. The summed E-state index contributed by atoms with van der Waals surface area (Å²) in [5.41, 5.74) is 7.79. The Morgan fingerprint density at radius 3 is 2.65 bits per heavy atom. The van der Waals surface area contributed by atoms with Crippen molar-refractivity contribution in [2.24, 2.45) is 10.8 Å². The Balaban J connectivity index is 1.45. The number of carbonyl (C=O) groups is 1. The fourth-order valence-corrected chi connectivity index (χ4v) is 3.59. The number of nitrogens with one attached hydrogen (secondary N) is 1. The third-order valence-corrected chi connectivity index (χ3v) is 5.57. The van der Waals surface area contributed by atoms with Crippen molar-refractivity contribution in [3.8, 4) is 0 Å². The Morgan fingerprint density at radius 1 is 1.19 bits per heavy atom. The molecule has 1 unspecified atom stereocenters. The van der Waals surface area contributed by atoms with Crippen molar-refractivity contribution in [2.75, 3.05) is 25.7 Å². The lowest BCUT2D eigenvalue weighted by Gasteiger charge is -2.15. The molecule has 1 atom stereocenters. The number of nitrogens with two attached hydrogens (primary N) is 1. The van der Waals surface area contributed by atoms with Gasteiger partial charge in [-0.1, -0.05) is 48.6 Å². The molecule has 0 bridgehead atoms. The van der Waals surface area contributed by atoms with Gasteiger partial charge in [0.1, 0.15) is 11.6 Å². The van der Waals surface area contributed by atoms with Crippen molar-refractivity contribution in [3.63, 3.8) is 0 Å². The molecule has 9 nitrogen and oxygen atoms in total. The second-order valence-electron chi connectivity index (χ2n) is 8.03. The Kier molecular flexibility index (Phi) is 8.22. The highest BCUT2D eigenvalue weighted by Crippen LogP contribution is 2.29. The standard InChI is InChI=1S/C27H27FN6O3/c1-34(20-9-5-3-6-10-20)33-23(17-29)30-25(35)19-15-13-18(14-16-19)24(28)27-32-31-26(37-27)21-11-7-4-8-12-22(21)36-2/h3-11,13-16,24H,12,17,29H2,1-2H3,(H,30,33,35). The van der Waals surface area contributed by atoms with E-state index in [4.69, 9.17) is 14.9 Å². The number of halogens is 1. The SMILES string of the molecule is COC1=C(c2nnc(C(F)c3ccc(C(=O)N/C(CN)=N/N(C)c4ccccc4)cc3)o2)C=CC=CC1. The van der Waals surface area contributed by atoms with Crippen LogP contribution in [-0.2, 0) is 4.74 Å². The second-order valence-corrected chi connectivity index (χ2v) is 8.03. The number of hydrazone groups is 1. The maximum atomic E-state index is 15.2. The van der Waals surface area contributed by atoms with E-state index in [2.05, 4.69) is 20.6 Å². The number of methoxy groups -OCH3 is 1. The van der Waals surface area contributed by atoms with Crippen LogP contribution in [0.25, 0.3) is 5.57 Å². The van der Waals surface area contributed by atoms with E-state index >= 15 is 4.39 Å². The molecule has 0 saturated heterocycles.